The molecule has 1 rings (SSSR count). The van der Waals surface area contributed by atoms with Crippen LogP contribution in [0.15, 0.2) is 0 Å². The number of carbonyl (C=O) groups excluding carboxylic acids is 1. The predicted molar refractivity (Wildman–Crippen MR) is 42.0 cm³/mol. The first-order valence-electron chi connectivity index (χ1n) is 4.11. The Hall–Kier alpha value is -0.410. The number of likely N-dealkylation sites (tertiary alicyclic amines) is 1. The minimum absolute atomic E-state index is 0.0938. The Balaban J connectivity index is 2.35. The SMILES string of the molecule is O=[C]C(CO)N1CCCCC1. The Kier molecular flexibility index (Phi) is 3.52. The van der Waals surface area contributed by atoms with Gasteiger partial charge in [-0.3, -0.25) is 9.69 Å². The van der Waals surface area contributed by atoms with Crippen LogP contribution in [0.25, 0.3) is 0 Å². The van der Waals surface area contributed by atoms with Crippen molar-refractivity contribution in [2.75, 3.05) is 19.7 Å². The van der Waals surface area contributed by atoms with Crippen LogP contribution in [-0.4, -0.2) is 42.0 Å². The van der Waals surface area contributed by atoms with E-state index in [1.165, 1.54) is 6.42 Å². The molecule has 1 radical (unpaired) electrons. The molecule has 0 aliphatic carbocycles. The van der Waals surface area contributed by atoms with Gasteiger partial charge in [0.2, 0.25) is 6.29 Å². The van der Waals surface area contributed by atoms with Gasteiger partial charge >= 0.3 is 0 Å². The summed E-state index contributed by atoms with van der Waals surface area (Å²) >= 11 is 0. The van der Waals surface area contributed by atoms with Crippen molar-refractivity contribution in [3.8, 4) is 0 Å². The van der Waals surface area contributed by atoms with Gasteiger partial charge in [0.05, 0.1) is 12.6 Å². The molecule has 0 spiro atoms. The second kappa shape index (κ2) is 4.46. The molecule has 1 N–H and O–H groups in total. The Morgan fingerprint density at radius 2 is 2.00 bits per heavy atom. The number of aliphatic hydroxyl groups is 1. The predicted octanol–water partition coefficient (Wildman–Crippen LogP) is -0.0571. The van der Waals surface area contributed by atoms with Gasteiger partial charge in [0.1, 0.15) is 0 Å². The van der Waals surface area contributed by atoms with E-state index in [0.717, 1.165) is 25.9 Å². The smallest absolute Gasteiger partial charge is 0.219 e. The first kappa shape index (κ1) is 8.68. The van der Waals surface area contributed by atoms with Crippen LogP contribution < -0.4 is 0 Å². The van der Waals surface area contributed by atoms with E-state index < -0.39 is 0 Å². The number of piperidine rings is 1. The van der Waals surface area contributed by atoms with Gasteiger partial charge in [-0.15, -0.1) is 0 Å². The molecule has 11 heavy (non-hydrogen) atoms. The Bertz CT molecular complexity index is 121. The van der Waals surface area contributed by atoms with E-state index in [9.17, 15) is 4.79 Å². The van der Waals surface area contributed by atoms with Gasteiger partial charge in [0.15, 0.2) is 0 Å². The third kappa shape index (κ3) is 2.27. The molecule has 1 saturated heterocycles. The molecular formula is C8H14NO2. The topological polar surface area (TPSA) is 40.5 Å². The van der Waals surface area contributed by atoms with Crippen LogP contribution in [-0.2, 0) is 4.79 Å². The van der Waals surface area contributed by atoms with Crippen LogP contribution in [0.5, 0.6) is 0 Å². The zero-order valence-corrected chi connectivity index (χ0v) is 6.62. The maximum Gasteiger partial charge on any atom is 0.219 e. The van der Waals surface area contributed by atoms with Crippen molar-refractivity contribution in [3.05, 3.63) is 0 Å². The zero-order chi connectivity index (χ0) is 8.10. The number of hydrogen-bond donors (Lipinski definition) is 1. The monoisotopic (exact) mass is 156 g/mol. The summed E-state index contributed by atoms with van der Waals surface area (Å²) in [5, 5.41) is 8.77. The minimum Gasteiger partial charge on any atom is -0.394 e. The molecule has 1 atom stereocenters. The largest absolute Gasteiger partial charge is 0.394 e. The molecule has 3 nitrogen and oxygen atoms in total. The lowest BCUT2D eigenvalue weighted by Crippen LogP contribution is -2.42. The molecule has 3 heteroatoms. The molecule has 0 amide bonds. The normalized spacial score (nSPS) is 23.0. The fourth-order valence-corrected chi connectivity index (χ4v) is 1.46. The summed E-state index contributed by atoms with van der Waals surface area (Å²) in [7, 11) is 0. The van der Waals surface area contributed by atoms with Crippen molar-refractivity contribution >= 4 is 6.29 Å². The first-order chi connectivity index (χ1) is 5.38. The molecule has 1 unspecified atom stereocenters. The van der Waals surface area contributed by atoms with Gasteiger partial charge in [-0.25, -0.2) is 0 Å². The van der Waals surface area contributed by atoms with E-state index in [-0.39, 0.29) is 12.6 Å². The average molecular weight is 156 g/mol. The summed E-state index contributed by atoms with van der Waals surface area (Å²) in [6, 6.07) is -0.379. The Morgan fingerprint density at radius 1 is 1.36 bits per heavy atom. The first-order valence-corrected chi connectivity index (χ1v) is 4.11. The second-order valence-electron chi connectivity index (χ2n) is 2.91. The molecule has 0 bridgehead atoms. The molecule has 1 aliphatic heterocycles. The second-order valence-corrected chi connectivity index (χ2v) is 2.91. The molecular weight excluding hydrogens is 142 g/mol. The van der Waals surface area contributed by atoms with E-state index in [2.05, 4.69) is 0 Å². The van der Waals surface area contributed by atoms with Gasteiger partial charge in [0.25, 0.3) is 0 Å². The number of hydrogen-bond acceptors (Lipinski definition) is 3. The number of aliphatic hydroxyl groups excluding tert-OH is 1. The van der Waals surface area contributed by atoms with E-state index in [4.69, 9.17) is 5.11 Å². The van der Waals surface area contributed by atoms with E-state index in [1.807, 2.05) is 11.2 Å². The summed E-state index contributed by atoms with van der Waals surface area (Å²) in [6.45, 7) is 1.77. The van der Waals surface area contributed by atoms with E-state index in [0.29, 0.717) is 0 Å². The van der Waals surface area contributed by atoms with Crippen LogP contribution in [0.1, 0.15) is 19.3 Å². The van der Waals surface area contributed by atoms with Gasteiger partial charge in [0, 0.05) is 0 Å². The maximum absolute atomic E-state index is 10.3. The van der Waals surface area contributed by atoms with Gasteiger partial charge < -0.3 is 5.11 Å². The lowest BCUT2D eigenvalue weighted by molar-refractivity contribution is 0.139. The van der Waals surface area contributed by atoms with Crippen LogP contribution >= 0.6 is 0 Å². The summed E-state index contributed by atoms with van der Waals surface area (Å²) in [5.41, 5.74) is 0. The molecule has 0 saturated carbocycles. The zero-order valence-electron chi connectivity index (χ0n) is 6.62. The van der Waals surface area contributed by atoms with Crippen molar-refractivity contribution in [2.24, 2.45) is 0 Å². The van der Waals surface area contributed by atoms with Crippen molar-refractivity contribution in [1.29, 1.82) is 0 Å². The molecule has 0 aromatic heterocycles. The average Bonchev–Trinajstić information content (AvgIpc) is 2.09. The van der Waals surface area contributed by atoms with Crippen LogP contribution in [0.3, 0.4) is 0 Å². The van der Waals surface area contributed by atoms with E-state index >= 15 is 0 Å². The van der Waals surface area contributed by atoms with E-state index in [1.54, 1.807) is 0 Å². The standard InChI is InChI=1S/C8H14NO2/c10-6-8(7-11)9-4-2-1-3-5-9/h8,10H,1-6H2. The van der Waals surface area contributed by atoms with Crippen molar-refractivity contribution in [2.45, 2.75) is 25.3 Å². The highest BCUT2D eigenvalue weighted by Crippen LogP contribution is 2.10. The van der Waals surface area contributed by atoms with Gasteiger partial charge in [-0.05, 0) is 25.9 Å². The quantitative estimate of drug-likeness (QED) is 0.622. The Morgan fingerprint density at radius 3 is 2.45 bits per heavy atom. The molecule has 1 heterocycles. The molecule has 0 aromatic rings. The summed E-state index contributed by atoms with van der Waals surface area (Å²) in [5.74, 6) is 0. The summed E-state index contributed by atoms with van der Waals surface area (Å²) < 4.78 is 0. The molecule has 1 fully saturated rings. The van der Waals surface area contributed by atoms with Gasteiger partial charge in [-0.2, -0.15) is 0 Å². The minimum atomic E-state index is -0.379. The van der Waals surface area contributed by atoms with Crippen LogP contribution in [0.2, 0.25) is 0 Å². The van der Waals surface area contributed by atoms with Gasteiger partial charge in [-0.1, -0.05) is 6.42 Å². The van der Waals surface area contributed by atoms with Crippen molar-refractivity contribution in [1.82, 2.24) is 4.90 Å². The Labute approximate surface area is 67.0 Å². The van der Waals surface area contributed by atoms with Crippen molar-refractivity contribution < 1.29 is 9.90 Å². The third-order valence-electron chi connectivity index (χ3n) is 2.14. The molecule has 0 aromatic carbocycles. The maximum atomic E-state index is 10.3. The number of rotatable bonds is 3. The fourth-order valence-electron chi connectivity index (χ4n) is 1.46. The van der Waals surface area contributed by atoms with Crippen LogP contribution in [0, 0.1) is 0 Å². The van der Waals surface area contributed by atoms with Crippen molar-refractivity contribution in [3.63, 3.8) is 0 Å². The summed E-state index contributed by atoms with van der Waals surface area (Å²) in [4.78, 5) is 12.3. The lowest BCUT2D eigenvalue weighted by atomic mass is 10.1. The summed E-state index contributed by atoms with van der Waals surface area (Å²) in [6.07, 6.45) is 5.37. The fraction of sp³-hybridized carbons (Fsp3) is 0.875. The molecule has 1 aliphatic rings. The van der Waals surface area contributed by atoms with Crippen LogP contribution in [0.4, 0.5) is 0 Å². The number of nitrogens with zero attached hydrogens (tertiary/aromatic N) is 1. The highest BCUT2D eigenvalue weighted by atomic mass is 16.3. The highest BCUT2D eigenvalue weighted by molar-refractivity contribution is 5.58. The highest BCUT2D eigenvalue weighted by Gasteiger charge is 2.19. The molecule has 63 valence electrons. The third-order valence-corrected chi connectivity index (χ3v) is 2.14. The lowest BCUT2D eigenvalue weighted by Gasteiger charge is -2.29.